The minimum absolute atomic E-state index is 0.568. The maximum Gasteiger partial charge on any atom is 0.133 e. The van der Waals surface area contributed by atoms with Gasteiger partial charge in [-0.3, -0.25) is 0 Å². The Bertz CT molecular complexity index is 401. The number of hydrogen-bond acceptors (Lipinski definition) is 5. The van der Waals surface area contributed by atoms with Gasteiger partial charge in [-0.2, -0.15) is 0 Å². The van der Waals surface area contributed by atoms with Gasteiger partial charge in [-0.05, 0) is 19.4 Å². The molecule has 0 spiro atoms. The van der Waals surface area contributed by atoms with Crippen molar-refractivity contribution in [3.05, 3.63) is 25.0 Å². The predicted molar refractivity (Wildman–Crippen MR) is 79.6 cm³/mol. The number of anilines is 2. The van der Waals surface area contributed by atoms with E-state index in [0.717, 1.165) is 24.7 Å². The SMILES string of the molecule is C=CCNc1cc(N(C)CC2CCCCN2)ncn1. The van der Waals surface area contributed by atoms with Gasteiger partial charge in [-0.25, -0.2) is 9.97 Å². The first kappa shape index (κ1) is 13.8. The summed E-state index contributed by atoms with van der Waals surface area (Å²) in [6.07, 6.45) is 7.28. The van der Waals surface area contributed by atoms with Crippen LogP contribution in [0.5, 0.6) is 0 Å². The molecule has 1 aliphatic rings. The van der Waals surface area contributed by atoms with Crippen molar-refractivity contribution in [3.63, 3.8) is 0 Å². The number of piperidine rings is 1. The summed E-state index contributed by atoms with van der Waals surface area (Å²) in [6, 6.07) is 2.55. The molecule has 1 atom stereocenters. The molecule has 0 bridgehead atoms. The summed E-state index contributed by atoms with van der Waals surface area (Å²) in [7, 11) is 2.08. The van der Waals surface area contributed by atoms with E-state index in [-0.39, 0.29) is 0 Å². The Balaban J connectivity index is 1.93. The Hall–Kier alpha value is -1.62. The molecule has 0 saturated carbocycles. The molecule has 1 aromatic rings. The fraction of sp³-hybridized carbons (Fsp3) is 0.571. The third kappa shape index (κ3) is 4.21. The van der Waals surface area contributed by atoms with Crippen molar-refractivity contribution >= 4 is 11.6 Å². The number of rotatable bonds is 6. The van der Waals surface area contributed by atoms with Gasteiger partial charge in [0.2, 0.25) is 0 Å². The molecule has 0 aromatic carbocycles. The molecule has 2 heterocycles. The number of aromatic nitrogens is 2. The molecule has 0 amide bonds. The fourth-order valence-electron chi connectivity index (χ4n) is 2.33. The van der Waals surface area contributed by atoms with Crippen LogP contribution in [-0.4, -0.2) is 42.7 Å². The van der Waals surface area contributed by atoms with Gasteiger partial charge in [-0.1, -0.05) is 12.5 Å². The monoisotopic (exact) mass is 261 g/mol. The third-order valence-electron chi connectivity index (χ3n) is 3.38. The van der Waals surface area contributed by atoms with Crippen molar-refractivity contribution in [1.29, 1.82) is 0 Å². The van der Waals surface area contributed by atoms with E-state index in [1.165, 1.54) is 19.3 Å². The van der Waals surface area contributed by atoms with Crippen molar-refractivity contribution in [3.8, 4) is 0 Å². The van der Waals surface area contributed by atoms with Crippen LogP contribution in [0.1, 0.15) is 19.3 Å². The first-order chi connectivity index (χ1) is 9.29. The lowest BCUT2D eigenvalue weighted by Crippen LogP contribution is -2.42. The molecule has 104 valence electrons. The van der Waals surface area contributed by atoms with Crippen molar-refractivity contribution in [1.82, 2.24) is 15.3 Å². The average molecular weight is 261 g/mol. The smallest absolute Gasteiger partial charge is 0.133 e. The summed E-state index contributed by atoms with van der Waals surface area (Å²) < 4.78 is 0. The van der Waals surface area contributed by atoms with Crippen LogP contribution in [-0.2, 0) is 0 Å². The molecule has 19 heavy (non-hydrogen) atoms. The molecule has 1 aromatic heterocycles. The number of nitrogens with zero attached hydrogens (tertiary/aromatic N) is 3. The second-order valence-electron chi connectivity index (χ2n) is 4.96. The Labute approximate surface area is 115 Å². The van der Waals surface area contributed by atoms with Gasteiger partial charge in [-0.15, -0.1) is 6.58 Å². The van der Waals surface area contributed by atoms with Gasteiger partial charge < -0.3 is 15.5 Å². The topological polar surface area (TPSA) is 53.1 Å². The Morgan fingerprint density at radius 1 is 1.53 bits per heavy atom. The molecule has 2 rings (SSSR count). The van der Waals surface area contributed by atoms with E-state index in [4.69, 9.17) is 0 Å². The zero-order valence-electron chi connectivity index (χ0n) is 11.6. The molecule has 1 saturated heterocycles. The summed E-state index contributed by atoms with van der Waals surface area (Å²) in [5.41, 5.74) is 0. The summed E-state index contributed by atoms with van der Waals surface area (Å²) >= 11 is 0. The van der Waals surface area contributed by atoms with Gasteiger partial charge in [0, 0.05) is 32.2 Å². The highest BCUT2D eigenvalue weighted by atomic mass is 15.2. The molecule has 1 unspecified atom stereocenters. The lowest BCUT2D eigenvalue weighted by Gasteiger charge is -2.28. The molecular weight excluding hydrogens is 238 g/mol. The van der Waals surface area contributed by atoms with E-state index in [1.807, 2.05) is 12.1 Å². The quantitative estimate of drug-likeness (QED) is 0.763. The van der Waals surface area contributed by atoms with Crippen LogP contribution in [0.4, 0.5) is 11.6 Å². The Morgan fingerprint density at radius 3 is 3.16 bits per heavy atom. The van der Waals surface area contributed by atoms with Crippen LogP contribution >= 0.6 is 0 Å². The first-order valence-corrected chi connectivity index (χ1v) is 6.91. The van der Waals surface area contributed by atoms with Crippen LogP contribution in [0.3, 0.4) is 0 Å². The second kappa shape index (κ2) is 7.09. The van der Waals surface area contributed by atoms with E-state index >= 15 is 0 Å². The summed E-state index contributed by atoms with van der Waals surface area (Å²) in [5, 5.41) is 6.74. The second-order valence-corrected chi connectivity index (χ2v) is 4.96. The number of likely N-dealkylation sites (N-methyl/N-ethyl adjacent to an activating group) is 1. The number of hydrogen-bond donors (Lipinski definition) is 2. The molecule has 5 heteroatoms. The van der Waals surface area contributed by atoms with E-state index in [0.29, 0.717) is 12.6 Å². The molecule has 2 N–H and O–H groups in total. The Kier molecular flexibility index (Phi) is 5.15. The standard InChI is InChI=1S/C14H23N5/c1-3-7-16-13-9-14(18-11-17-13)19(2)10-12-6-4-5-8-15-12/h3,9,11-12,15H,1,4-8,10H2,2H3,(H,16,17,18). The zero-order valence-corrected chi connectivity index (χ0v) is 11.6. The van der Waals surface area contributed by atoms with Crippen LogP contribution < -0.4 is 15.5 Å². The molecular formula is C14H23N5. The highest BCUT2D eigenvalue weighted by Crippen LogP contribution is 2.15. The minimum Gasteiger partial charge on any atom is -0.366 e. The molecule has 1 aliphatic heterocycles. The Morgan fingerprint density at radius 2 is 2.42 bits per heavy atom. The summed E-state index contributed by atoms with van der Waals surface area (Å²) in [5.74, 6) is 1.79. The molecule has 0 radical (unpaired) electrons. The fourth-order valence-corrected chi connectivity index (χ4v) is 2.33. The minimum atomic E-state index is 0.568. The van der Waals surface area contributed by atoms with E-state index < -0.39 is 0 Å². The van der Waals surface area contributed by atoms with Gasteiger partial charge in [0.25, 0.3) is 0 Å². The largest absolute Gasteiger partial charge is 0.366 e. The highest BCUT2D eigenvalue weighted by Gasteiger charge is 2.15. The maximum atomic E-state index is 4.33. The van der Waals surface area contributed by atoms with Crippen LogP contribution in [0.2, 0.25) is 0 Å². The molecule has 1 fully saturated rings. The van der Waals surface area contributed by atoms with Gasteiger partial charge in [0.05, 0.1) is 0 Å². The lowest BCUT2D eigenvalue weighted by atomic mass is 10.0. The first-order valence-electron chi connectivity index (χ1n) is 6.91. The summed E-state index contributed by atoms with van der Waals surface area (Å²) in [4.78, 5) is 10.7. The van der Waals surface area contributed by atoms with Gasteiger partial charge in [0.15, 0.2) is 0 Å². The van der Waals surface area contributed by atoms with Crippen molar-refractivity contribution in [2.24, 2.45) is 0 Å². The summed E-state index contributed by atoms with van der Waals surface area (Å²) in [6.45, 7) is 6.52. The van der Waals surface area contributed by atoms with Crippen LogP contribution in [0, 0.1) is 0 Å². The van der Waals surface area contributed by atoms with E-state index in [9.17, 15) is 0 Å². The molecule has 5 nitrogen and oxygen atoms in total. The van der Waals surface area contributed by atoms with Gasteiger partial charge >= 0.3 is 0 Å². The average Bonchev–Trinajstić information content (AvgIpc) is 2.46. The third-order valence-corrected chi connectivity index (χ3v) is 3.38. The lowest BCUT2D eigenvalue weighted by molar-refractivity contribution is 0.403. The highest BCUT2D eigenvalue weighted by molar-refractivity contribution is 5.48. The van der Waals surface area contributed by atoms with Crippen LogP contribution in [0.15, 0.2) is 25.0 Å². The van der Waals surface area contributed by atoms with Crippen molar-refractivity contribution in [2.45, 2.75) is 25.3 Å². The van der Waals surface area contributed by atoms with E-state index in [2.05, 4.69) is 39.1 Å². The molecule has 0 aliphatic carbocycles. The zero-order chi connectivity index (χ0) is 13.5. The van der Waals surface area contributed by atoms with E-state index in [1.54, 1.807) is 6.33 Å². The normalized spacial score (nSPS) is 18.9. The van der Waals surface area contributed by atoms with Crippen molar-refractivity contribution in [2.75, 3.05) is 36.9 Å². The number of nitrogens with one attached hydrogen (secondary N) is 2. The predicted octanol–water partition coefficient (Wildman–Crippen LogP) is 1.65. The maximum absolute atomic E-state index is 4.33. The van der Waals surface area contributed by atoms with Crippen LogP contribution in [0.25, 0.3) is 0 Å². The van der Waals surface area contributed by atoms with Crippen molar-refractivity contribution < 1.29 is 0 Å². The van der Waals surface area contributed by atoms with Gasteiger partial charge in [0.1, 0.15) is 18.0 Å².